The molecule has 0 saturated carbocycles. The first-order chi connectivity index (χ1) is 8.22. The van der Waals surface area contributed by atoms with Crippen LogP contribution < -0.4 is 11.3 Å². The molecule has 1 aromatic carbocycles. The van der Waals surface area contributed by atoms with Gasteiger partial charge < -0.3 is 4.74 Å². The van der Waals surface area contributed by atoms with E-state index in [4.69, 9.17) is 10.6 Å². The van der Waals surface area contributed by atoms with E-state index in [1.807, 2.05) is 0 Å². The standard InChI is InChI=1S/C12H17F3N2O/c1-11(2,18-3)10(17-16)8-4-6-9(7-5-8)12(13,14)15/h4-7,10,17H,16H2,1-3H3. The monoisotopic (exact) mass is 262 g/mol. The third kappa shape index (κ3) is 3.22. The van der Waals surface area contributed by atoms with Gasteiger partial charge in [-0.05, 0) is 31.5 Å². The molecular weight excluding hydrogens is 245 g/mol. The minimum absolute atomic E-state index is 0.398. The average Bonchev–Trinajstić information content (AvgIpc) is 2.29. The van der Waals surface area contributed by atoms with Crippen molar-refractivity contribution in [3.05, 3.63) is 35.4 Å². The second-order valence-electron chi connectivity index (χ2n) is 4.53. The number of nitrogens with one attached hydrogen (secondary N) is 1. The third-order valence-electron chi connectivity index (χ3n) is 2.96. The molecule has 3 nitrogen and oxygen atoms in total. The average molecular weight is 262 g/mol. The van der Waals surface area contributed by atoms with Crippen LogP contribution in [0.3, 0.4) is 0 Å². The zero-order valence-corrected chi connectivity index (χ0v) is 10.5. The Balaban J connectivity index is 3.03. The quantitative estimate of drug-likeness (QED) is 0.647. The molecule has 0 radical (unpaired) electrons. The molecule has 0 aliphatic carbocycles. The minimum Gasteiger partial charge on any atom is -0.377 e. The Kier molecular flexibility index (Phi) is 4.37. The summed E-state index contributed by atoms with van der Waals surface area (Å²) in [5.41, 5.74) is 1.88. The molecule has 0 bridgehead atoms. The van der Waals surface area contributed by atoms with E-state index in [1.54, 1.807) is 13.8 Å². The number of alkyl halides is 3. The molecule has 0 fully saturated rings. The Morgan fingerprint density at radius 1 is 1.17 bits per heavy atom. The Morgan fingerprint density at radius 3 is 2.00 bits per heavy atom. The van der Waals surface area contributed by atoms with Crippen molar-refractivity contribution in [2.45, 2.75) is 31.7 Å². The third-order valence-corrected chi connectivity index (χ3v) is 2.96. The lowest BCUT2D eigenvalue weighted by atomic mass is 9.91. The van der Waals surface area contributed by atoms with Crippen molar-refractivity contribution in [3.63, 3.8) is 0 Å². The van der Waals surface area contributed by atoms with Gasteiger partial charge in [0.1, 0.15) is 0 Å². The van der Waals surface area contributed by atoms with E-state index in [-0.39, 0.29) is 0 Å². The van der Waals surface area contributed by atoms with Crippen molar-refractivity contribution >= 4 is 0 Å². The normalized spacial score (nSPS) is 14.6. The van der Waals surface area contributed by atoms with Crippen LogP contribution in [0.15, 0.2) is 24.3 Å². The number of nitrogens with two attached hydrogens (primary N) is 1. The number of ether oxygens (including phenoxy) is 1. The van der Waals surface area contributed by atoms with Crippen molar-refractivity contribution in [1.82, 2.24) is 5.43 Å². The second-order valence-corrected chi connectivity index (χ2v) is 4.53. The van der Waals surface area contributed by atoms with Crippen LogP contribution in [0.2, 0.25) is 0 Å². The highest BCUT2D eigenvalue weighted by Crippen LogP contribution is 2.32. The smallest absolute Gasteiger partial charge is 0.377 e. The highest BCUT2D eigenvalue weighted by molar-refractivity contribution is 5.28. The van der Waals surface area contributed by atoms with Gasteiger partial charge in [-0.1, -0.05) is 12.1 Å². The van der Waals surface area contributed by atoms with Gasteiger partial charge in [-0.2, -0.15) is 13.2 Å². The van der Waals surface area contributed by atoms with Crippen LogP contribution in [-0.4, -0.2) is 12.7 Å². The first-order valence-electron chi connectivity index (χ1n) is 5.41. The minimum atomic E-state index is -4.33. The molecular formula is C12H17F3N2O. The first kappa shape index (κ1) is 14.9. The van der Waals surface area contributed by atoms with Crippen LogP contribution in [-0.2, 0) is 10.9 Å². The van der Waals surface area contributed by atoms with Crippen molar-refractivity contribution in [2.75, 3.05) is 7.11 Å². The fraction of sp³-hybridized carbons (Fsp3) is 0.500. The lowest BCUT2D eigenvalue weighted by Gasteiger charge is -2.33. The fourth-order valence-electron chi connectivity index (χ4n) is 1.68. The van der Waals surface area contributed by atoms with Gasteiger partial charge in [-0.3, -0.25) is 11.3 Å². The number of halogens is 3. The largest absolute Gasteiger partial charge is 0.416 e. The molecule has 3 N–H and O–H groups in total. The Hall–Kier alpha value is -1.11. The first-order valence-corrected chi connectivity index (χ1v) is 5.41. The molecule has 1 rings (SSSR count). The second kappa shape index (κ2) is 5.26. The van der Waals surface area contributed by atoms with Crippen molar-refractivity contribution in [1.29, 1.82) is 0 Å². The molecule has 0 spiro atoms. The van der Waals surface area contributed by atoms with E-state index < -0.39 is 23.4 Å². The summed E-state index contributed by atoms with van der Waals surface area (Å²) in [5.74, 6) is 5.44. The molecule has 1 aromatic rings. The summed E-state index contributed by atoms with van der Waals surface area (Å²) < 4.78 is 42.6. The van der Waals surface area contributed by atoms with Gasteiger partial charge in [-0.25, -0.2) is 0 Å². The molecule has 0 amide bonds. The van der Waals surface area contributed by atoms with Gasteiger partial charge in [-0.15, -0.1) is 0 Å². The van der Waals surface area contributed by atoms with Crippen molar-refractivity contribution in [3.8, 4) is 0 Å². The number of methoxy groups -OCH3 is 1. The maximum absolute atomic E-state index is 12.4. The summed E-state index contributed by atoms with van der Waals surface area (Å²) >= 11 is 0. The number of hydrazine groups is 1. The number of hydrogen-bond acceptors (Lipinski definition) is 3. The van der Waals surface area contributed by atoms with Gasteiger partial charge in [0.2, 0.25) is 0 Å². The maximum Gasteiger partial charge on any atom is 0.416 e. The van der Waals surface area contributed by atoms with E-state index in [0.29, 0.717) is 5.56 Å². The molecule has 0 heterocycles. The molecule has 0 saturated heterocycles. The zero-order valence-electron chi connectivity index (χ0n) is 10.5. The van der Waals surface area contributed by atoms with Crippen LogP contribution in [0.1, 0.15) is 31.0 Å². The van der Waals surface area contributed by atoms with Gasteiger partial charge in [0.25, 0.3) is 0 Å². The number of hydrogen-bond donors (Lipinski definition) is 2. The molecule has 1 atom stereocenters. The van der Waals surface area contributed by atoms with Gasteiger partial charge in [0, 0.05) is 7.11 Å². The topological polar surface area (TPSA) is 47.3 Å². The zero-order chi connectivity index (χ0) is 14.0. The van der Waals surface area contributed by atoms with Gasteiger partial charge in [0.05, 0.1) is 17.2 Å². The SMILES string of the molecule is COC(C)(C)C(NN)c1ccc(C(F)(F)F)cc1. The predicted molar refractivity (Wildman–Crippen MR) is 62.6 cm³/mol. The summed E-state index contributed by atoms with van der Waals surface area (Å²) in [6.45, 7) is 3.60. The maximum atomic E-state index is 12.4. The molecule has 18 heavy (non-hydrogen) atoms. The Bertz CT molecular complexity index is 387. The lowest BCUT2D eigenvalue weighted by molar-refractivity contribution is -0.137. The summed E-state index contributed by atoms with van der Waals surface area (Å²) in [6.07, 6.45) is -4.33. The molecule has 0 aromatic heterocycles. The summed E-state index contributed by atoms with van der Waals surface area (Å²) in [5, 5.41) is 0. The van der Waals surface area contributed by atoms with Crippen LogP contribution in [0.5, 0.6) is 0 Å². The Labute approximate surface area is 104 Å². The molecule has 0 aliphatic heterocycles. The van der Waals surface area contributed by atoms with E-state index in [1.165, 1.54) is 19.2 Å². The predicted octanol–water partition coefficient (Wildman–Crippen LogP) is 2.63. The highest BCUT2D eigenvalue weighted by atomic mass is 19.4. The van der Waals surface area contributed by atoms with E-state index in [0.717, 1.165) is 12.1 Å². The molecule has 0 aliphatic rings. The fourth-order valence-corrected chi connectivity index (χ4v) is 1.68. The van der Waals surface area contributed by atoms with Crippen molar-refractivity contribution in [2.24, 2.45) is 5.84 Å². The summed E-state index contributed by atoms with van der Waals surface area (Å²) in [7, 11) is 1.52. The molecule has 1 unspecified atom stereocenters. The van der Waals surface area contributed by atoms with Gasteiger partial charge >= 0.3 is 6.18 Å². The number of rotatable bonds is 4. The van der Waals surface area contributed by atoms with E-state index >= 15 is 0 Å². The summed E-state index contributed by atoms with van der Waals surface area (Å²) in [4.78, 5) is 0. The summed E-state index contributed by atoms with van der Waals surface area (Å²) in [6, 6.07) is 4.46. The van der Waals surface area contributed by atoms with Crippen LogP contribution in [0, 0.1) is 0 Å². The van der Waals surface area contributed by atoms with E-state index in [9.17, 15) is 13.2 Å². The number of benzene rings is 1. The molecule has 6 heteroatoms. The van der Waals surface area contributed by atoms with Crippen LogP contribution in [0.4, 0.5) is 13.2 Å². The van der Waals surface area contributed by atoms with Gasteiger partial charge in [0.15, 0.2) is 0 Å². The highest BCUT2D eigenvalue weighted by Gasteiger charge is 2.32. The van der Waals surface area contributed by atoms with Crippen LogP contribution >= 0.6 is 0 Å². The van der Waals surface area contributed by atoms with Crippen LogP contribution in [0.25, 0.3) is 0 Å². The van der Waals surface area contributed by atoms with E-state index in [2.05, 4.69) is 5.43 Å². The molecule has 102 valence electrons. The Morgan fingerprint density at radius 2 is 1.67 bits per heavy atom. The van der Waals surface area contributed by atoms with Crippen molar-refractivity contribution < 1.29 is 17.9 Å². The lowest BCUT2D eigenvalue weighted by Crippen LogP contribution is -2.43.